The molecule has 0 aliphatic heterocycles. The molecule has 0 saturated heterocycles. The first-order valence-corrected chi connectivity index (χ1v) is 10.6. The zero-order valence-electron chi connectivity index (χ0n) is 18.8. The molecule has 2 aliphatic carbocycles. The summed E-state index contributed by atoms with van der Waals surface area (Å²) < 4.78 is 0. The highest BCUT2D eigenvalue weighted by molar-refractivity contribution is 6.05. The van der Waals surface area contributed by atoms with Crippen molar-refractivity contribution < 1.29 is 24.6 Å². The van der Waals surface area contributed by atoms with Crippen LogP contribution in [0.3, 0.4) is 0 Å². The summed E-state index contributed by atoms with van der Waals surface area (Å²) in [4.78, 5) is 37.6. The number of Topliss-reactive ketones (excluding diaryl/α,β-unsaturated/α-hetero) is 2. The third-order valence-electron chi connectivity index (χ3n) is 5.93. The molecule has 1 amide bonds. The fraction of sp³-hybridized carbons (Fsp3) is 0.480. The number of nitrogens with one attached hydrogen (secondary N) is 1. The summed E-state index contributed by atoms with van der Waals surface area (Å²) in [6.45, 7) is 9.08. The van der Waals surface area contributed by atoms with Gasteiger partial charge in [-0.3, -0.25) is 14.4 Å². The number of anilines is 1. The Hall–Kier alpha value is -2.89. The molecular formula is C25H31NO5. The molecule has 1 aromatic carbocycles. The highest BCUT2D eigenvalue weighted by atomic mass is 16.3. The molecule has 3 rings (SSSR count). The van der Waals surface area contributed by atoms with Gasteiger partial charge in [0, 0.05) is 55.4 Å². The van der Waals surface area contributed by atoms with Crippen molar-refractivity contribution in [3.8, 4) is 0 Å². The molecule has 0 saturated carbocycles. The molecule has 0 radical (unpaired) electrons. The minimum atomic E-state index is -0.849. The van der Waals surface area contributed by atoms with Crippen LogP contribution in [-0.4, -0.2) is 27.7 Å². The normalized spacial score (nSPS) is 21.0. The van der Waals surface area contributed by atoms with Crippen LogP contribution in [0.1, 0.15) is 71.8 Å². The van der Waals surface area contributed by atoms with Gasteiger partial charge in [0.2, 0.25) is 5.91 Å². The molecule has 0 atom stereocenters. The number of benzene rings is 1. The van der Waals surface area contributed by atoms with E-state index in [4.69, 9.17) is 0 Å². The number of aliphatic hydroxyl groups is 2. The first-order chi connectivity index (χ1) is 14.3. The van der Waals surface area contributed by atoms with Crippen molar-refractivity contribution in [3.05, 3.63) is 52.5 Å². The standard InChI is InChI=1S/C25H31NO5/c1-14(27)26-16-8-6-15(7-9-16)21(22-17(28)10-24(2,3)11-18(22)29)23-19(30)12-25(4,5)13-20(23)31/h6-9,21,28,30H,10-13H2,1-5H3,(H,26,27). The minimum absolute atomic E-state index is 0.0323. The highest BCUT2D eigenvalue weighted by Crippen LogP contribution is 2.47. The van der Waals surface area contributed by atoms with Crippen molar-refractivity contribution >= 4 is 23.2 Å². The average molecular weight is 426 g/mol. The van der Waals surface area contributed by atoms with Gasteiger partial charge in [0.05, 0.1) is 0 Å². The molecule has 31 heavy (non-hydrogen) atoms. The lowest BCUT2D eigenvalue weighted by Crippen LogP contribution is -2.33. The van der Waals surface area contributed by atoms with Gasteiger partial charge in [0.15, 0.2) is 11.6 Å². The van der Waals surface area contributed by atoms with Gasteiger partial charge in [-0.15, -0.1) is 0 Å². The summed E-state index contributed by atoms with van der Waals surface area (Å²) in [5.41, 5.74) is 0.804. The molecular weight excluding hydrogens is 394 g/mol. The first-order valence-electron chi connectivity index (χ1n) is 10.6. The van der Waals surface area contributed by atoms with Crippen molar-refractivity contribution in [1.29, 1.82) is 0 Å². The summed E-state index contributed by atoms with van der Waals surface area (Å²) in [5.74, 6) is -1.56. The van der Waals surface area contributed by atoms with E-state index >= 15 is 0 Å². The minimum Gasteiger partial charge on any atom is -0.512 e. The van der Waals surface area contributed by atoms with Crippen LogP contribution in [0.5, 0.6) is 0 Å². The first kappa shape index (κ1) is 22.8. The van der Waals surface area contributed by atoms with E-state index in [2.05, 4.69) is 5.32 Å². The van der Waals surface area contributed by atoms with Crippen molar-refractivity contribution in [2.45, 2.75) is 66.2 Å². The number of aliphatic hydroxyl groups excluding tert-OH is 2. The van der Waals surface area contributed by atoms with E-state index in [9.17, 15) is 24.6 Å². The quantitative estimate of drug-likeness (QED) is 0.620. The number of allylic oxidation sites excluding steroid dienone is 4. The molecule has 0 aromatic heterocycles. The van der Waals surface area contributed by atoms with Gasteiger partial charge in [0.25, 0.3) is 0 Å². The third kappa shape index (κ3) is 4.89. The van der Waals surface area contributed by atoms with Crippen molar-refractivity contribution in [2.24, 2.45) is 10.8 Å². The predicted octanol–water partition coefficient (Wildman–Crippen LogP) is 5.13. The van der Waals surface area contributed by atoms with Crippen LogP contribution in [0.15, 0.2) is 46.9 Å². The topological polar surface area (TPSA) is 104 Å². The Morgan fingerprint density at radius 2 is 1.26 bits per heavy atom. The third-order valence-corrected chi connectivity index (χ3v) is 5.93. The van der Waals surface area contributed by atoms with E-state index in [0.29, 0.717) is 24.1 Å². The maximum absolute atomic E-state index is 13.1. The van der Waals surface area contributed by atoms with E-state index in [1.165, 1.54) is 6.92 Å². The van der Waals surface area contributed by atoms with Gasteiger partial charge in [-0.2, -0.15) is 0 Å². The molecule has 0 bridgehead atoms. The second-order valence-corrected chi connectivity index (χ2v) is 10.3. The number of amides is 1. The number of carbonyl (C=O) groups is 3. The summed E-state index contributed by atoms with van der Waals surface area (Å²) in [6.07, 6.45) is 1.14. The number of ketones is 2. The Kier molecular flexibility index (Phi) is 5.87. The van der Waals surface area contributed by atoms with Crippen LogP contribution in [0.2, 0.25) is 0 Å². The van der Waals surface area contributed by atoms with E-state index in [-0.39, 0.29) is 63.8 Å². The van der Waals surface area contributed by atoms with Gasteiger partial charge in [0.1, 0.15) is 11.5 Å². The molecule has 0 spiro atoms. The van der Waals surface area contributed by atoms with Gasteiger partial charge < -0.3 is 15.5 Å². The van der Waals surface area contributed by atoms with Gasteiger partial charge in [-0.1, -0.05) is 39.8 Å². The molecule has 6 heteroatoms. The molecule has 166 valence electrons. The SMILES string of the molecule is CC(=O)Nc1ccc(C(C2=C(O)CC(C)(C)CC2=O)C2=C(O)CC(C)(C)CC2=O)cc1. The van der Waals surface area contributed by atoms with E-state index in [1.807, 2.05) is 27.7 Å². The lowest BCUT2D eigenvalue weighted by atomic mass is 9.67. The smallest absolute Gasteiger partial charge is 0.221 e. The second-order valence-electron chi connectivity index (χ2n) is 10.3. The van der Waals surface area contributed by atoms with Crippen molar-refractivity contribution in [2.75, 3.05) is 5.32 Å². The Morgan fingerprint density at radius 1 is 0.839 bits per heavy atom. The summed E-state index contributed by atoms with van der Waals surface area (Å²) in [5, 5.41) is 24.4. The monoisotopic (exact) mass is 425 g/mol. The number of rotatable bonds is 4. The largest absolute Gasteiger partial charge is 0.512 e. The number of carbonyl (C=O) groups excluding carboxylic acids is 3. The zero-order chi connectivity index (χ0) is 23.1. The highest BCUT2D eigenvalue weighted by Gasteiger charge is 2.43. The molecule has 2 aliphatic rings. The van der Waals surface area contributed by atoms with Crippen LogP contribution in [0, 0.1) is 10.8 Å². The molecule has 0 fully saturated rings. The van der Waals surface area contributed by atoms with Crippen molar-refractivity contribution in [1.82, 2.24) is 0 Å². The van der Waals surface area contributed by atoms with E-state index < -0.39 is 5.92 Å². The Labute approximate surface area is 183 Å². The fourth-order valence-electron chi connectivity index (χ4n) is 4.70. The summed E-state index contributed by atoms with van der Waals surface area (Å²) in [6, 6.07) is 6.81. The average Bonchev–Trinajstić information content (AvgIpc) is 2.57. The van der Waals surface area contributed by atoms with Crippen LogP contribution < -0.4 is 5.32 Å². The number of hydrogen-bond acceptors (Lipinski definition) is 5. The molecule has 0 heterocycles. The lowest BCUT2D eigenvalue weighted by Gasteiger charge is -2.36. The van der Waals surface area contributed by atoms with E-state index in [1.54, 1.807) is 24.3 Å². The zero-order valence-corrected chi connectivity index (χ0v) is 18.8. The van der Waals surface area contributed by atoms with Gasteiger partial charge in [-0.05, 0) is 28.5 Å². The van der Waals surface area contributed by atoms with Crippen LogP contribution in [0.4, 0.5) is 5.69 Å². The lowest BCUT2D eigenvalue weighted by molar-refractivity contribution is -0.119. The van der Waals surface area contributed by atoms with Gasteiger partial charge >= 0.3 is 0 Å². The maximum atomic E-state index is 13.1. The van der Waals surface area contributed by atoms with Crippen molar-refractivity contribution in [3.63, 3.8) is 0 Å². The van der Waals surface area contributed by atoms with Crippen LogP contribution in [-0.2, 0) is 14.4 Å². The van der Waals surface area contributed by atoms with E-state index in [0.717, 1.165) is 0 Å². The second kappa shape index (κ2) is 7.98. The molecule has 3 N–H and O–H groups in total. The van der Waals surface area contributed by atoms with Crippen LogP contribution in [0.25, 0.3) is 0 Å². The molecule has 1 aromatic rings. The molecule has 6 nitrogen and oxygen atoms in total. The summed E-state index contributed by atoms with van der Waals surface area (Å²) in [7, 11) is 0. The predicted molar refractivity (Wildman–Crippen MR) is 119 cm³/mol. The van der Waals surface area contributed by atoms with Gasteiger partial charge in [-0.25, -0.2) is 0 Å². The van der Waals surface area contributed by atoms with Crippen LogP contribution >= 0.6 is 0 Å². The molecule has 0 unspecified atom stereocenters. The summed E-state index contributed by atoms with van der Waals surface area (Å²) >= 11 is 0. The number of hydrogen-bond donors (Lipinski definition) is 3. The Balaban J connectivity index is 2.17. The fourth-order valence-corrected chi connectivity index (χ4v) is 4.70. The Morgan fingerprint density at radius 3 is 1.61 bits per heavy atom. The Bertz CT molecular complexity index is 943. The maximum Gasteiger partial charge on any atom is 0.221 e.